The first-order chi connectivity index (χ1) is 7.16. The summed E-state index contributed by atoms with van der Waals surface area (Å²) >= 11 is 0. The van der Waals surface area contributed by atoms with Gasteiger partial charge in [0.25, 0.3) is 0 Å². The van der Waals surface area contributed by atoms with Crippen molar-refractivity contribution in [1.82, 2.24) is 0 Å². The van der Waals surface area contributed by atoms with Gasteiger partial charge in [0.2, 0.25) is 0 Å². The third-order valence-electron chi connectivity index (χ3n) is 3.07. The van der Waals surface area contributed by atoms with Gasteiger partial charge in [0.1, 0.15) is 5.78 Å². The van der Waals surface area contributed by atoms with Gasteiger partial charge in [-0.15, -0.1) is 0 Å². The highest BCUT2D eigenvalue weighted by molar-refractivity contribution is 5.80. The molecule has 15 heavy (non-hydrogen) atoms. The number of ketones is 1. The van der Waals surface area contributed by atoms with Crippen LogP contribution in [0.25, 0.3) is 0 Å². The molecular weight excluding hydrogens is 184 g/mol. The largest absolute Gasteiger partial charge is 0.300 e. The van der Waals surface area contributed by atoms with Gasteiger partial charge in [-0.3, -0.25) is 4.79 Å². The summed E-state index contributed by atoms with van der Waals surface area (Å²) in [5.74, 6) is 1.42. The van der Waals surface area contributed by atoms with E-state index in [9.17, 15) is 4.79 Å². The van der Waals surface area contributed by atoms with Crippen molar-refractivity contribution in [3.8, 4) is 0 Å². The number of hydrogen-bond acceptors (Lipinski definition) is 1. The maximum Gasteiger partial charge on any atom is 0.133 e. The van der Waals surface area contributed by atoms with E-state index < -0.39 is 0 Å². The van der Waals surface area contributed by atoms with E-state index in [-0.39, 0.29) is 0 Å². The molecular formula is C14H18O. The van der Waals surface area contributed by atoms with Crippen LogP contribution in [0.2, 0.25) is 0 Å². The number of rotatable bonds is 4. The summed E-state index contributed by atoms with van der Waals surface area (Å²) in [7, 11) is 0. The average Bonchev–Trinajstić information content (AvgIpc) is 2.13. The number of fused-ring (bicyclic) bond motifs is 1. The van der Waals surface area contributed by atoms with Crippen LogP contribution in [-0.2, 0) is 11.2 Å². The molecule has 0 saturated carbocycles. The van der Waals surface area contributed by atoms with E-state index in [1.807, 2.05) is 0 Å². The van der Waals surface area contributed by atoms with E-state index in [1.165, 1.54) is 11.1 Å². The van der Waals surface area contributed by atoms with Crippen molar-refractivity contribution in [3.05, 3.63) is 35.4 Å². The van der Waals surface area contributed by atoms with Crippen LogP contribution in [0.4, 0.5) is 0 Å². The summed E-state index contributed by atoms with van der Waals surface area (Å²) in [6.07, 6.45) is 2.58. The molecule has 0 bridgehead atoms. The molecule has 1 aromatic carbocycles. The molecule has 0 aliphatic heterocycles. The average molecular weight is 202 g/mol. The van der Waals surface area contributed by atoms with E-state index in [0.29, 0.717) is 17.6 Å². The molecule has 1 atom stereocenters. The van der Waals surface area contributed by atoms with Gasteiger partial charge in [-0.25, -0.2) is 0 Å². The second-order valence-electron chi connectivity index (χ2n) is 4.94. The van der Waals surface area contributed by atoms with Crippen LogP contribution < -0.4 is 0 Å². The van der Waals surface area contributed by atoms with E-state index in [4.69, 9.17) is 0 Å². The van der Waals surface area contributed by atoms with Crippen LogP contribution in [-0.4, -0.2) is 5.78 Å². The number of carbonyl (C=O) groups is 1. The quantitative estimate of drug-likeness (QED) is 0.732. The Morgan fingerprint density at radius 1 is 1.40 bits per heavy atom. The van der Waals surface area contributed by atoms with Crippen molar-refractivity contribution in [3.63, 3.8) is 0 Å². The number of Topliss-reactive ketones (excluding diaryl/α,β-unsaturated/α-hetero) is 1. The van der Waals surface area contributed by atoms with Crippen molar-refractivity contribution in [2.75, 3.05) is 0 Å². The van der Waals surface area contributed by atoms with Crippen LogP contribution in [0, 0.1) is 5.92 Å². The number of benzene rings is 1. The normalized spacial score (nSPS) is 18.5. The van der Waals surface area contributed by atoms with E-state index in [2.05, 4.69) is 38.1 Å². The first kappa shape index (κ1) is 10.4. The maximum absolute atomic E-state index is 11.7. The Morgan fingerprint density at radius 2 is 2.13 bits per heavy atom. The lowest BCUT2D eigenvalue weighted by molar-refractivity contribution is -0.120. The number of carbonyl (C=O) groups excluding carboxylic acids is 1. The van der Waals surface area contributed by atoms with Gasteiger partial charge in [-0.2, -0.15) is 0 Å². The minimum atomic E-state index is 0.421. The van der Waals surface area contributed by atoms with Gasteiger partial charge < -0.3 is 0 Å². The van der Waals surface area contributed by atoms with Gasteiger partial charge >= 0.3 is 0 Å². The van der Waals surface area contributed by atoms with Crippen molar-refractivity contribution >= 4 is 5.78 Å². The molecule has 1 aliphatic rings. The fourth-order valence-corrected chi connectivity index (χ4v) is 2.36. The molecule has 0 fully saturated rings. The Hall–Kier alpha value is -1.11. The van der Waals surface area contributed by atoms with Gasteiger partial charge in [-0.05, 0) is 29.4 Å². The number of hydrogen-bond donors (Lipinski definition) is 0. The Kier molecular flexibility index (Phi) is 2.90. The predicted molar refractivity (Wildman–Crippen MR) is 62.0 cm³/mol. The molecule has 0 saturated heterocycles. The minimum Gasteiger partial charge on any atom is -0.300 e. The van der Waals surface area contributed by atoms with Crippen LogP contribution in [0.3, 0.4) is 0 Å². The zero-order valence-corrected chi connectivity index (χ0v) is 9.49. The zero-order valence-electron chi connectivity index (χ0n) is 9.49. The van der Waals surface area contributed by atoms with Crippen LogP contribution in [0.5, 0.6) is 0 Å². The Balaban J connectivity index is 1.92. The molecule has 0 heterocycles. The molecule has 1 aliphatic carbocycles. The summed E-state index contributed by atoms with van der Waals surface area (Å²) in [4.78, 5) is 11.7. The molecule has 0 amide bonds. The fourth-order valence-electron chi connectivity index (χ4n) is 2.36. The topological polar surface area (TPSA) is 17.1 Å². The first-order valence-corrected chi connectivity index (χ1v) is 5.76. The van der Waals surface area contributed by atoms with Gasteiger partial charge in [0, 0.05) is 12.8 Å². The van der Waals surface area contributed by atoms with Crippen molar-refractivity contribution in [2.45, 2.75) is 39.0 Å². The third kappa shape index (κ3) is 2.28. The molecule has 0 N–H and O–H groups in total. The minimum absolute atomic E-state index is 0.421. The Morgan fingerprint density at radius 3 is 2.80 bits per heavy atom. The summed E-state index contributed by atoms with van der Waals surface area (Å²) in [6, 6.07) is 8.47. The molecule has 0 aromatic heterocycles. The van der Waals surface area contributed by atoms with Crippen LogP contribution in [0.15, 0.2) is 24.3 Å². The Labute approximate surface area is 91.5 Å². The SMILES string of the molecule is CC(C)CC(=O)CC1Cc2ccccc21. The van der Waals surface area contributed by atoms with E-state index >= 15 is 0 Å². The highest BCUT2D eigenvalue weighted by atomic mass is 16.1. The van der Waals surface area contributed by atoms with Crippen molar-refractivity contribution < 1.29 is 4.79 Å². The zero-order chi connectivity index (χ0) is 10.8. The molecule has 1 unspecified atom stereocenters. The summed E-state index contributed by atoms with van der Waals surface area (Å²) in [6.45, 7) is 4.21. The van der Waals surface area contributed by atoms with Crippen LogP contribution in [0.1, 0.15) is 43.7 Å². The summed E-state index contributed by atoms with van der Waals surface area (Å²) in [5, 5.41) is 0. The van der Waals surface area contributed by atoms with Crippen molar-refractivity contribution in [1.29, 1.82) is 0 Å². The predicted octanol–water partition coefficient (Wildman–Crippen LogP) is 3.33. The summed E-state index contributed by atoms with van der Waals surface area (Å²) < 4.78 is 0. The molecule has 0 spiro atoms. The molecule has 0 radical (unpaired) electrons. The lowest BCUT2D eigenvalue weighted by Crippen LogP contribution is -2.20. The van der Waals surface area contributed by atoms with Crippen LogP contribution >= 0.6 is 0 Å². The second kappa shape index (κ2) is 4.18. The van der Waals surface area contributed by atoms with Crippen molar-refractivity contribution in [2.24, 2.45) is 5.92 Å². The van der Waals surface area contributed by atoms with E-state index in [1.54, 1.807) is 0 Å². The standard InChI is InChI=1S/C14H18O/c1-10(2)7-13(15)9-12-8-11-5-3-4-6-14(11)12/h3-6,10,12H,7-9H2,1-2H3. The maximum atomic E-state index is 11.7. The van der Waals surface area contributed by atoms with E-state index in [0.717, 1.165) is 19.3 Å². The van der Waals surface area contributed by atoms with Gasteiger partial charge in [0.15, 0.2) is 0 Å². The Bertz CT molecular complexity index is 365. The van der Waals surface area contributed by atoms with Gasteiger partial charge in [0.05, 0.1) is 0 Å². The fraction of sp³-hybridized carbons (Fsp3) is 0.500. The lowest BCUT2D eigenvalue weighted by Gasteiger charge is -2.29. The molecule has 80 valence electrons. The third-order valence-corrected chi connectivity index (χ3v) is 3.07. The highest BCUT2D eigenvalue weighted by Crippen LogP contribution is 2.37. The molecule has 1 nitrogen and oxygen atoms in total. The monoisotopic (exact) mass is 202 g/mol. The molecule has 2 rings (SSSR count). The summed E-state index contributed by atoms with van der Waals surface area (Å²) in [5.41, 5.74) is 2.83. The molecule has 1 heteroatoms. The smallest absolute Gasteiger partial charge is 0.133 e. The highest BCUT2D eigenvalue weighted by Gasteiger charge is 2.27. The lowest BCUT2D eigenvalue weighted by atomic mass is 9.74. The second-order valence-corrected chi connectivity index (χ2v) is 4.94. The first-order valence-electron chi connectivity index (χ1n) is 5.76. The van der Waals surface area contributed by atoms with Gasteiger partial charge in [-0.1, -0.05) is 38.1 Å². The molecule has 1 aromatic rings.